The lowest BCUT2D eigenvalue weighted by Gasteiger charge is -2.19. The molecule has 3 nitrogen and oxygen atoms in total. The summed E-state index contributed by atoms with van der Waals surface area (Å²) >= 11 is 0. The van der Waals surface area contributed by atoms with Gasteiger partial charge in [-0.15, -0.1) is 0 Å². The summed E-state index contributed by atoms with van der Waals surface area (Å²) in [7, 11) is 0. The molecular formula is C40H37N3. The van der Waals surface area contributed by atoms with E-state index in [4.69, 9.17) is 11.5 Å². The van der Waals surface area contributed by atoms with Gasteiger partial charge in [-0.05, 0) is 104 Å². The first-order valence-corrected chi connectivity index (χ1v) is 14.8. The summed E-state index contributed by atoms with van der Waals surface area (Å²) in [5.74, 6) is 0. The third-order valence-electron chi connectivity index (χ3n) is 8.00. The first-order valence-electron chi connectivity index (χ1n) is 14.8. The monoisotopic (exact) mass is 559 g/mol. The summed E-state index contributed by atoms with van der Waals surface area (Å²) in [6.07, 6.45) is 6.49. The maximum Gasteiger partial charge on any atom is 0.0572 e. The van der Waals surface area contributed by atoms with Crippen LogP contribution in [0.4, 0.5) is 5.69 Å². The maximum absolute atomic E-state index is 6.96. The second-order valence-corrected chi connectivity index (χ2v) is 11.0. The highest BCUT2D eigenvalue weighted by molar-refractivity contribution is 5.91. The van der Waals surface area contributed by atoms with E-state index in [1.807, 2.05) is 0 Å². The average Bonchev–Trinajstić information content (AvgIpc) is 3.06. The van der Waals surface area contributed by atoms with Crippen LogP contribution in [0.1, 0.15) is 46.3 Å². The first kappa shape index (κ1) is 28.2. The van der Waals surface area contributed by atoms with E-state index in [0.717, 1.165) is 33.5 Å². The fourth-order valence-electron chi connectivity index (χ4n) is 5.68. The first-order chi connectivity index (χ1) is 21.1. The number of anilines is 1. The molecule has 0 saturated carbocycles. The quantitative estimate of drug-likeness (QED) is 0.122. The number of benzene rings is 6. The fourth-order valence-corrected chi connectivity index (χ4v) is 5.68. The van der Waals surface area contributed by atoms with Crippen LogP contribution in [0.25, 0.3) is 33.2 Å². The fraction of sp³-hybridized carbons (Fsp3) is 0.100. The van der Waals surface area contributed by atoms with Gasteiger partial charge in [0.2, 0.25) is 0 Å². The minimum atomic E-state index is -0.275. The highest BCUT2D eigenvalue weighted by atomic mass is 14.9. The molecule has 212 valence electrons. The summed E-state index contributed by atoms with van der Waals surface area (Å²) < 4.78 is 0. The molecule has 0 aliphatic rings. The third kappa shape index (κ3) is 6.44. The molecule has 0 heterocycles. The van der Waals surface area contributed by atoms with Gasteiger partial charge in [-0.25, -0.2) is 0 Å². The van der Waals surface area contributed by atoms with Crippen molar-refractivity contribution in [3.8, 4) is 0 Å². The van der Waals surface area contributed by atoms with Crippen molar-refractivity contribution >= 4 is 38.9 Å². The second kappa shape index (κ2) is 12.9. The molecule has 5 N–H and O–H groups in total. The van der Waals surface area contributed by atoms with Crippen LogP contribution in [0.2, 0.25) is 0 Å². The Kier molecular flexibility index (Phi) is 8.46. The van der Waals surface area contributed by atoms with E-state index in [1.54, 1.807) is 0 Å². The van der Waals surface area contributed by atoms with Gasteiger partial charge < -0.3 is 16.8 Å². The van der Waals surface area contributed by atoms with Gasteiger partial charge in [0.15, 0.2) is 0 Å². The SMILES string of the molecule is C/C=C\C(=C/c1ccc2ccccc2c1)c1cccc(C(N)c2ccccc2NCc2ccc3cc(CN)ccc3c2)c1. The smallest absolute Gasteiger partial charge is 0.0572 e. The molecule has 0 bridgehead atoms. The van der Waals surface area contributed by atoms with E-state index in [1.165, 1.54) is 32.7 Å². The molecule has 0 aliphatic carbocycles. The zero-order valence-electron chi connectivity index (χ0n) is 24.5. The predicted molar refractivity (Wildman–Crippen MR) is 185 cm³/mol. The normalized spacial score (nSPS) is 12.7. The van der Waals surface area contributed by atoms with Gasteiger partial charge in [0, 0.05) is 18.8 Å². The number of nitrogens with one attached hydrogen (secondary N) is 1. The van der Waals surface area contributed by atoms with Gasteiger partial charge in [0.05, 0.1) is 6.04 Å². The standard InChI is InChI=1S/C40H37N3/c1-2-8-32(21-28-15-18-31-9-3-4-10-33(31)22-28)34-11-7-12-37(25-34)40(42)38-13-5-6-14-39(38)43-27-30-17-20-35-23-29(26-41)16-19-36(35)24-30/h2-25,40,43H,26-27,41-42H2,1H3/b8-2-,32-21+. The van der Waals surface area contributed by atoms with Crippen molar-refractivity contribution in [2.75, 3.05) is 5.32 Å². The third-order valence-corrected chi connectivity index (χ3v) is 8.00. The molecule has 0 radical (unpaired) electrons. The Morgan fingerprint density at radius 3 is 2.21 bits per heavy atom. The van der Waals surface area contributed by atoms with Crippen LogP contribution in [-0.4, -0.2) is 0 Å². The molecule has 0 amide bonds. The van der Waals surface area contributed by atoms with Crippen LogP contribution in [-0.2, 0) is 13.1 Å². The van der Waals surface area contributed by atoms with Crippen molar-refractivity contribution in [2.24, 2.45) is 11.5 Å². The molecule has 6 aromatic rings. The Hall–Kier alpha value is -4.96. The summed E-state index contributed by atoms with van der Waals surface area (Å²) in [4.78, 5) is 0. The maximum atomic E-state index is 6.96. The van der Waals surface area contributed by atoms with Crippen molar-refractivity contribution < 1.29 is 0 Å². The van der Waals surface area contributed by atoms with Crippen LogP contribution in [0.15, 0.2) is 140 Å². The van der Waals surface area contributed by atoms with Crippen LogP contribution >= 0.6 is 0 Å². The molecule has 0 aromatic heterocycles. The van der Waals surface area contributed by atoms with E-state index in [-0.39, 0.29) is 6.04 Å². The molecule has 0 saturated heterocycles. The molecule has 3 heteroatoms. The Bertz CT molecular complexity index is 1950. The summed E-state index contributed by atoms with van der Waals surface area (Å²) in [5, 5.41) is 8.55. The molecular weight excluding hydrogens is 522 g/mol. The molecule has 0 spiro atoms. The molecule has 1 unspecified atom stereocenters. The van der Waals surface area contributed by atoms with Gasteiger partial charge in [0.1, 0.15) is 0 Å². The largest absolute Gasteiger partial charge is 0.381 e. The number of fused-ring (bicyclic) bond motifs is 2. The number of allylic oxidation sites excluding steroid dienone is 3. The Labute approximate surface area is 254 Å². The molecule has 43 heavy (non-hydrogen) atoms. The minimum Gasteiger partial charge on any atom is -0.381 e. The molecule has 6 aromatic carbocycles. The van der Waals surface area contributed by atoms with E-state index >= 15 is 0 Å². The van der Waals surface area contributed by atoms with Gasteiger partial charge in [-0.2, -0.15) is 0 Å². The van der Waals surface area contributed by atoms with Gasteiger partial charge >= 0.3 is 0 Å². The predicted octanol–water partition coefficient (Wildman–Crippen LogP) is 9.23. The lowest BCUT2D eigenvalue weighted by Crippen LogP contribution is -2.15. The van der Waals surface area contributed by atoms with Crippen molar-refractivity contribution in [1.82, 2.24) is 0 Å². The van der Waals surface area contributed by atoms with E-state index in [0.29, 0.717) is 13.1 Å². The van der Waals surface area contributed by atoms with Crippen molar-refractivity contribution in [3.63, 3.8) is 0 Å². The molecule has 6 rings (SSSR count). The Morgan fingerprint density at radius 2 is 1.40 bits per heavy atom. The minimum absolute atomic E-state index is 0.275. The molecule has 0 fully saturated rings. The van der Waals surface area contributed by atoms with Gasteiger partial charge in [-0.1, -0.05) is 109 Å². The highest BCUT2D eigenvalue weighted by Gasteiger charge is 2.14. The van der Waals surface area contributed by atoms with Gasteiger partial charge in [-0.3, -0.25) is 0 Å². The Morgan fingerprint density at radius 1 is 0.698 bits per heavy atom. The number of nitrogens with two attached hydrogens (primary N) is 2. The summed E-state index contributed by atoms with van der Waals surface area (Å²) in [5.41, 5.74) is 21.8. The lowest BCUT2D eigenvalue weighted by atomic mass is 9.93. The number of hydrogen-bond acceptors (Lipinski definition) is 3. The van der Waals surface area contributed by atoms with Gasteiger partial charge in [0.25, 0.3) is 0 Å². The Balaban J connectivity index is 1.25. The second-order valence-electron chi connectivity index (χ2n) is 11.0. The van der Waals surface area contributed by atoms with Crippen LogP contribution in [0.3, 0.4) is 0 Å². The van der Waals surface area contributed by atoms with Crippen LogP contribution < -0.4 is 16.8 Å². The molecule has 1 atom stereocenters. The lowest BCUT2D eigenvalue weighted by molar-refractivity contribution is 0.869. The van der Waals surface area contributed by atoms with E-state index < -0.39 is 0 Å². The van der Waals surface area contributed by atoms with Crippen molar-refractivity contribution in [3.05, 3.63) is 173 Å². The average molecular weight is 560 g/mol. The molecule has 0 aliphatic heterocycles. The summed E-state index contributed by atoms with van der Waals surface area (Å²) in [6, 6.07) is 44.7. The van der Waals surface area contributed by atoms with Crippen LogP contribution in [0, 0.1) is 0 Å². The van der Waals surface area contributed by atoms with Crippen molar-refractivity contribution in [2.45, 2.75) is 26.1 Å². The zero-order valence-corrected chi connectivity index (χ0v) is 24.5. The number of rotatable bonds is 9. The summed E-state index contributed by atoms with van der Waals surface area (Å²) in [6.45, 7) is 3.31. The van der Waals surface area contributed by atoms with E-state index in [2.05, 4.69) is 158 Å². The zero-order chi connectivity index (χ0) is 29.6. The topological polar surface area (TPSA) is 64.1 Å². The van der Waals surface area contributed by atoms with Crippen molar-refractivity contribution in [1.29, 1.82) is 0 Å². The highest BCUT2D eigenvalue weighted by Crippen LogP contribution is 2.30. The number of hydrogen-bond donors (Lipinski definition) is 3. The van der Waals surface area contributed by atoms with E-state index in [9.17, 15) is 0 Å². The number of para-hydroxylation sites is 1. The van der Waals surface area contributed by atoms with Crippen LogP contribution in [0.5, 0.6) is 0 Å².